The Kier molecular flexibility index (Phi) is 7.02. The predicted molar refractivity (Wildman–Crippen MR) is 106 cm³/mol. The molecule has 3 N–H and O–H groups in total. The Morgan fingerprint density at radius 2 is 1.79 bits per heavy atom. The third-order valence-electron chi connectivity index (χ3n) is 3.90. The highest BCUT2D eigenvalue weighted by Gasteiger charge is 2.17. The molecule has 0 heterocycles. The van der Waals surface area contributed by atoms with Crippen LogP contribution in [-0.4, -0.2) is 27.8 Å². The minimum atomic E-state index is -1.37. The smallest absolute Gasteiger partial charge is 0.335 e. The van der Waals surface area contributed by atoms with Crippen LogP contribution in [0.5, 0.6) is 0 Å². The summed E-state index contributed by atoms with van der Waals surface area (Å²) in [5, 5.41) is 25.4. The average Bonchev–Trinajstić information content (AvgIpc) is 2.65. The number of benzene rings is 2. The van der Waals surface area contributed by atoms with Crippen LogP contribution >= 0.6 is 0 Å². The van der Waals surface area contributed by atoms with Gasteiger partial charge >= 0.3 is 5.97 Å². The summed E-state index contributed by atoms with van der Waals surface area (Å²) in [5.41, 5.74) is 0.331. The Morgan fingerprint density at radius 3 is 2.41 bits per heavy atom. The Hall–Kier alpha value is -3.75. The summed E-state index contributed by atoms with van der Waals surface area (Å²) >= 11 is 0. The molecule has 0 unspecified atom stereocenters. The van der Waals surface area contributed by atoms with Gasteiger partial charge in [0.05, 0.1) is 10.5 Å². The number of aromatic carboxylic acids is 1. The van der Waals surface area contributed by atoms with E-state index in [2.05, 4.69) is 10.6 Å². The van der Waals surface area contributed by atoms with E-state index in [-0.39, 0.29) is 29.5 Å². The maximum atomic E-state index is 12.4. The first-order chi connectivity index (χ1) is 13.7. The Bertz CT molecular complexity index is 923. The summed E-state index contributed by atoms with van der Waals surface area (Å²) in [4.78, 5) is 45.6. The Balaban J connectivity index is 2.09. The van der Waals surface area contributed by atoms with E-state index in [1.165, 1.54) is 0 Å². The van der Waals surface area contributed by atoms with Crippen LogP contribution in [0, 0.1) is 16.0 Å². The number of carbonyl (C=O) groups is 3. The quantitative estimate of drug-likeness (QED) is 0.460. The van der Waals surface area contributed by atoms with Gasteiger partial charge in [-0.25, -0.2) is 4.79 Å². The number of nitrogens with one attached hydrogen (secondary N) is 2. The number of amides is 2. The molecule has 0 atom stereocenters. The van der Waals surface area contributed by atoms with E-state index in [1.54, 1.807) is 24.3 Å². The molecule has 29 heavy (non-hydrogen) atoms. The molecule has 0 aliphatic rings. The van der Waals surface area contributed by atoms with Crippen molar-refractivity contribution in [1.82, 2.24) is 5.32 Å². The molecule has 0 aliphatic heterocycles. The first-order valence-corrected chi connectivity index (χ1v) is 8.85. The van der Waals surface area contributed by atoms with E-state index >= 15 is 0 Å². The van der Waals surface area contributed by atoms with Gasteiger partial charge in [0, 0.05) is 36.3 Å². The minimum absolute atomic E-state index is 0.0951. The molecule has 2 aromatic rings. The van der Waals surface area contributed by atoms with Gasteiger partial charge < -0.3 is 15.7 Å². The summed E-state index contributed by atoms with van der Waals surface area (Å²) in [6, 6.07) is 9.88. The zero-order chi connectivity index (χ0) is 21.6. The van der Waals surface area contributed by atoms with E-state index in [0.717, 1.165) is 18.2 Å². The lowest BCUT2D eigenvalue weighted by Crippen LogP contribution is -2.23. The van der Waals surface area contributed by atoms with Gasteiger partial charge in [0.2, 0.25) is 5.91 Å². The molecule has 152 valence electrons. The molecule has 0 bridgehead atoms. The van der Waals surface area contributed by atoms with Gasteiger partial charge in [-0.2, -0.15) is 0 Å². The number of carboxylic acid groups (broad SMARTS) is 1. The third-order valence-corrected chi connectivity index (χ3v) is 3.90. The normalized spacial score (nSPS) is 10.4. The van der Waals surface area contributed by atoms with Crippen molar-refractivity contribution in [2.45, 2.75) is 26.8 Å². The number of rotatable bonds is 8. The standard InChI is InChI=1S/C20H21N3O6/c1-12(2)6-18(24)22-16-5-3-4-13(7-16)11-21-19(25)14-8-15(20(26)27)10-17(9-14)23(28)29/h3-5,7-10,12H,6,11H2,1-2H3,(H,21,25)(H,22,24)(H,26,27). The SMILES string of the molecule is CC(C)CC(=O)Nc1cccc(CNC(=O)c2cc(C(=O)O)cc([N+](=O)[O-])c2)c1. The minimum Gasteiger partial charge on any atom is -0.478 e. The molecular formula is C20H21N3O6. The summed E-state index contributed by atoms with van der Waals surface area (Å²) in [6.07, 6.45) is 0.389. The number of carbonyl (C=O) groups excluding carboxylic acids is 2. The number of hydrogen-bond acceptors (Lipinski definition) is 5. The zero-order valence-corrected chi connectivity index (χ0v) is 16.0. The van der Waals surface area contributed by atoms with Crippen molar-refractivity contribution in [1.29, 1.82) is 0 Å². The van der Waals surface area contributed by atoms with Crippen molar-refractivity contribution < 1.29 is 24.4 Å². The Morgan fingerprint density at radius 1 is 1.10 bits per heavy atom. The molecule has 0 fully saturated rings. The second-order valence-corrected chi connectivity index (χ2v) is 6.86. The lowest BCUT2D eigenvalue weighted by atomic mass is 10.1. The van der Waals surface area contributed by atoms with Gasteiger partial charge in [-0.1, -0.05) is 26.0 Å². The lowest BCUT2D eigenvalue weighted by Gasteiger charge is -2.10. The molecule has 0 saturated carbocycles. The fourth-order valence-electron chi connectivity index (χ4n) is 2.60. The topological polar surface area (TPSA) is 139 Å². The molecule has 9 nitrogen and oxygen atoms in total. The largest absolute Gasteiger partial charge is 0.478 e. The molecule has 0 radical (unpaired) electrons. The van der Waals surface area contributed by atoms with E-state index in [0.29, 0.717) is 17.7 Å². The average molecular weight is 399 g/mol. The number of hydrogen-bond donors (Lipinski definition) is 3. The lowest BCUT2D eigenvalue weighted by molar-refractivity contribution is -0.384. The van der Waals surface area contributed by atoms with Gasteiger partial charge in [0.15, 0.2) is 0 Å². The van der Waals surface area contributed by atoms with Crippen LogP contribution in [0.1, 0.15) is 46.5 Å². The molecule has 2 rings (SSSR count). The fraction of sp³-hybridized carbons (Fsp3) is 0.250. The molecule has 0 aromatic heterocycles. The number of non-ortho nitro benzene ring substituents is 1. The van der Waals surface area contributed by atoms with Crippen LogP contribution in [-0.2, 0) is 11.3 Å². The summed E-state index contributed by atoms with van der Waals surface area (Å²) in [6.45, 7) is 3.97. The van der Waals surface area contributed by atoms with E-state index < -0.39 is 22.5 Å². The second kappa shape index (κ2) is 9.45. The molecule has 2 aromatic carbocycles. The van der Waals surface area contributed by atoms with E-state index in [1.807, 2.05) is 13.8 Å². The third kappa shape index (κ3) is 6.42. The van der Waals surface area contributed by atoms with Crippen LogP contribution in [0.3, 0.4) is 0 Å². The molecule has 9 heteroatoms. The number of nitro benzene ring substituents is 1. The second-order valence-electron chi connectivity index (χ2n) is 6.86. The van der Waals surface area contributed by atoms with Crippen LogP contribution in [0.4, 0.5) is 11.4 Å². The van der Waals surface area contributed by atoms with Crippen LogP contribution in [0.2, 0.25) is 0 Å². The molecular weight excluding hydrogens is 378 g/mol. The van der Waals surface area contributed by atoms with Crippen molar-refractivity contribution in [3.63, 3.8) is 0 Å². The molecule has 0 aliphatic carbocycles. The summed E-state index contributed by atoms with van der Waals surface area (Å²) < 4.78 is 0. The van der Waals surface area contributed by atoms with Gasteiger partial charge in [-0.05, 0) is 29.7 Å². The first kappa shape index (κ1) is 21.5. The van der Waals surface area contributed by atoms with E-state index in [9.17, 15) is 24.5 Å². The maximum Gasteiger partial charge on any atom is 0.335 e. The summed E-state index contributed by atoms with van der Waals surface area (Å²) in [5.74, 6) is -1.90. The van der Waals surface area contributed by atoms with Gasteiger partial charge in [-0.15, -0.1) is 0 Å². The van der Waals surface area contributed by atoms with Crippen molar-refractivity contribution >= 4 is 29.2 Å². The molecule has 0 spiro atoms. The molecule has 0 saturated heterocycles. The number of carboxylic acids is 1. The predicted octanol–water partition coefficient (Wildman–Crippen LogP) is 3.21. The van der Waals surface area contributed by atoms with Crippen molar-refractivity contribution in [2.75, 3.05) is 5.32 Å². The molecule has 2 amide bonds. The van der Waals surface area contributed by atoms with Gasteiger partial charge in [0.25, 0.3) is 11.6 Å². The number of nitro groups is 1. The highest BCUT2D eigenvalue weighted by atomic mass is 16.6. The fourth-order valence-corrected chi connectivity index (χ4v) is 2.60. The van der Waals surface area contributed by atoms with Crippen molar-refractivity contribution in [3.8, 4) is 0 Å². The zero-order valence-electron chi connectivity index (χ0n) is 16.0. The monoisotopic (exact) mass is 399 g/mol. The van der Waals surface area contributed by atoms with Crippen molar-refractivity contribution in [2.24, 2.45) is 5.92 Å². The number of anilines is 1. The van der Waals surface area contributed by atoms with Crippen molar-refractivity contribution in [3.05, 3.63) is 69.3 Å². The van der Waals surface area contributed by atoms with Crippen LogP contribution in [0.15, 0.2) is 42.5 Å². The van der Waals surface area contributed by atoms with Crippen LogP contribution in [0.25, 0.3) is 0 Å². The Labute approximate surface area is 166 Å². The van der Waals surface area contributed by atoms with Gasteiger partial charge in [-0.3, -0.25) is 19.7 Å². The van der Waals surface area contributed by atoms with Crippen LogP contribution < -0.4 is 10.6 Å². The maximum absolute atomic E-state index is 12.4. The highest BCUT2D eigenvalue weighted by molar-refractivity contribution is 5.98. The number of nitrogens with zero attached hydrogens (tertiary/aromatic N) is 1. The summed E-state index contributed by atoms with van der Waals surface area (Å²) in [7, 11) is 0. The van der Waals surface area contributed by atoms with E-state index in [4.69, 9.17) is 5.11 Å². The first-order valence-electron chi connectivity index (χ1n) is 8.85. The highest BCUT2D eigenvalue weighted by Crippen LogP contribution is 2.18. The van der Waals surface area contributed by atoms with Gasteiger partial charge in [0.1, 0.15) is 0 Å².